The number of carbonyl (C=O) groups is 1. The lowest BCUT2D eigenvalue weighted by Crippen LogP contribution is -2.29. The molecule has 3 aromatic rings. The van der Waals surface area contributed by atoms with Crippen LogP contribution in [0.5, 0.6) is 0 Å². The van der Waals surface area contributed by atoms with Gasteiger partial charge >= 0.3 is 0 Å². The van der Waals surface area contributed by atoms with Crippen LogP contribution in [0.1, 0.15) is 54.0 Å². The summed E-state index contributed by atoms with van der Waals surface area (Å²) >= 11 is 0. The minimum atomic E-state index is -3.18. The first-order chi connectivity index (χ1) is 17.9. The number of hydrogen-bond acceptors (Lipinski definition) is 4. The van der Waals surface area contributed by atoms with Crippen molar-refractivity contribution in [2.75, 3.05) is 24.2 Å². The Morgan fingerprint density at radius 1 is 0.865 bits per heavy atom. The third-order valence-corrected chi connectivity index (χ3v) is 8.99. The van der Waals surface area contributed by atoms with Crippen molar-refractivity contribution >= 4 is 32.6 Å². The molecule has 6 heteroatoms. The molecule has 0 atom stereocenters. The van der Waals surface area contributed by atoms with E-state index in [9.17, 15) is 13.2 Å². The van der Waals surface area contributed by atoms with E-state index in [-0.39, 0.29) is 17.4 Å². The molecule has 0 unspecified atom stereocenters. The van der Waals surface area contributed by atoms with Gasteiger partial charge in [-0.1, -0.05) is 74.0 Å². The highest BCUT2D eigenvalue weighted by Crippen LogP contribution is 2.39. The first kappa shape index (κ1) is 25.4. The zero-order chi connectivity index (χ0) is 25.8. The van der Waals surface area contributed by atoms with Gasteiger partial charge in [0.1, 0.15) is 0 Å². The summed E-state index contributed by atoms with van der Waals surface area (Å²) in [4.78, 5) is 15.8. The summed E-state index contributed by atoms with van der Waals surface area (Å²) in [5.41, 5.74) is 7.20. The van der Waals surface area contributed by atoms with Gasteiger partial charge in [0.25, 0.3) is 5.91 Å². The second-order valence-corrected chi connectivity index (χ2v) is 12.4. The van der Waals surface area contributed by atoms with Gasteiger partial charge in [-0.25, -0.2) is 8.42 Å². The quantitative estimate of drug-likeness (QED) is 0.391. The first-order valence-corrected chi connectivity index (χ1v) is 15.0. The minimum Gasteiger partial charge on any atom is -0.321 e. The second kappa shape index (κ2) is 11.0. The van der Waals surface area contributed by atoms with E-state index >= 15 is 0 Å². The molecule has 0 aromatic heterocycles. The van der Waals surface area contributed by atoms with Crippen LogP contribution in [0.2, 0.25) is 0 Å². The van der Waals surface area contributed by atoms with E-state index in [4.69, 9.17) is 0 Å². The number of sulfone groups is 1. The van der Waals surface area contributed by atoms with Gasteiger partial charge in [-0.05, 0) is 72.3 Å². The molecule has 1 saturated heterocycles. The molecule has 0 spiro atoms. The molecule has 0 aliphatic carbocycles. The summed E-state index contributed by atoms with van der Waals surface area (Å²) in [7, 11) is -3.18. The van der Waals surface area contributed by atoms with Gasteiger partial charge < -0.3 is 5.32 Å². The summed E-state index contributed by atoms with van der Waals surface area (Å²) in [5, 5.41) is 2.99. The maximum Gasteiger partial charge on any atom is 0.256 e. The third-order valence-electron chi connectivity index (χ3n) is 7.34. The maximum atomic E-state index is 13.3. The maximum absolute atomic E-state index is 13.3. The van der Waals surface area contributed by atoms with Crippen molar-refractivity contribution in [2.24, 2.45) is 0 Å². The normalized spacial score (nSPS) is 17.4. The predicted octanol–water partition coefficient (Wildman–Crippen LogP) is 5.71. The fraction of sp³-hybridized carbons (Fsp3) is 0.323. The number of carbonyl (C=O) groups excluding carboxylic acids is 1. The van der Waals surface area contributed by atoms with Crippen LogP contribution in [0.15, 0.2) is 72.8 Å². The number of fused-ring (bicyclic) bond motifs is 1. The Morgan fingerprint density at radius 3 is 2.24 bits per heavy atom. The summed E-state index contributed by atoms with van der Waals surface area (Å²) in [6.07, 6.45) is 4.50. The smallest absolute Gasteiger partial charge is 0.256 e. The molecule has 2 aliphatic heterocycles. The Labute approximate surface area is 220 Å². The van der Waals surface area contributed by atoms with Crippen LogP contribution in [0.25, 0.3) is 11.1 Å². The number of allylic oxidation sites excluding steroid dienone is 1. The lowest BCUT2D eigenvalue weighted by atomic mass is 9.90. The second-order valence-electron chi connectivity index (χ2n) is 10.1. The van der Waals surface area contributed by atoms with E-state index in [0.29, 0.717) is 17.6 Å². The van der Waals surface area contributed by atoms with E-state index in [1.165, 1.54) is 37.9 Å². The molecule has 0 bridgehead atoms. The molecule has 5 nitrogen and oxygen atoms in total. The topological polar surface area (TPSA) is 66.5 Å². The Bertz CT molecular complexity index is 1400. The highest BCUT2D eigenvalue weighted by atomic mass is 32.2. The van der Waals surface area contributed by atoms with E-state index in [1.807, 2.05) is 42.5 Å². The van der Waals surface area contributed by atoms with Crippen LogP contribution in [0, 0.1) is 0 Å². The average Bonchev–Trinajstić information content (AvgIpc) is 3.24. The molecule has 1 amide bonds. The zero-order valence-electron chi connectivity index (χ0n) is 21.4. The largest absolute Gasteiger partial charge is 0.321 e. The fourth-order valence-electron chi connectivity index (χ4n) is 5.28. The summed E-state index contributed by atoms with van der Waals surface area (Å²) in [6, 6.07) is 24.2. The Kier molecular flexibility index (Phi) is 7.58. The molecule has 37 heavy (non-hydrogen) atoms. The minimum absolute atomic E-state index is 0.0304. The molecule has 2 aliphatic rings. The van der Waals surface area contributed by atoms with Crippen molar-refractivity contribution in [2.45, 2.75) is 44.9 Å². The highest BCUT2D eigenvalue weighted by molar-refractivity contribution is 7.90. The Balaban J connectivity index is 1.49. The molecule has 0 radical (unpaired) electrons. The van der Waals surface area contributed by atoms with Gasteiger partial charge in [0.15, 0.2) is 9.84 Å². The van der Waals surface area contributed by atoms with Gasteiger partial charge in [-0.15, -0.1) is 0 Å². The van der Waals surface area contributed by atoms with Gasteiger partial charge in [0, 0.05) is 23.5 Å². The number of anilines is 1. The van der Waals surface area contributed by atoms with Gasteiger partial charge in [0.05, 0.1) is 11.3 Å². The van der Waals surface area contributed by atoms with Gasteiger partial charge in [-0.2, -0.15) is 0 Å². The number of nitrogens with zero attached hydrogens (tertiary/aromatic N) is 1. The lowest BCUT2D eigenvalue weighted by molar-refractivity contribution is -0.110. The number of hydrogen-bond donors (Lipinski definition) is 1. The van der Waals surface area contributed by atoms with Crippen LogP contribution in [0.4, 0.5) is 5.69 Å². The molecule has 5 rings (SSSR count). The molecule has 3 aromatic carbocycles. The zero-order valence-corrected chi connectivity index (χ0v) is 22.2. The molecular weight excluding hydrogens is 480 g/mol. The number of amides is 1. The standard InChI is InChI=1S/C31H34N2O3S/c1-2-37(35,36)22-25-15-16-29-28(20-25)30(31(34)32-29)27(26-9-5-3-6-10-26)19-23-11-13-24(14-12-23)21-33-17-7-4-8-18-33/h3,5-6,9-16,20H,2,4,7-8,17-19,21-22H2,1H3,(H,32,34)/b30-27+. The molecule has 192 valence electrons. The SMILES string of the molecule is CCS(=O)(=O)Cc1ccc2c(c1)/C(=C(/Cc1ccc(CN3CCCCC3)cc1)c1ccccc1)C(=O)N2. The van der Waals surface area contributed by atoms with Crippen molar-refractivity contribution in [3.05, 3.63) is 101 Å². The van der Waals surface area contributed by atoms with Crippen LogP contribution in [-0.2, 0) is 33.4 Å². The number of piperidine rings is 1. The van der Waals surface area contributed by atoms with E-state index in [1.54, 1.807) is 13.0 Å². The number of likely N-dealkylation sites (tertiary alicyclic amines) is 1. The Hall–Kier alpha value is -3.22. The monoisotopic (exact) mass is 514 g/mol. The van der Waals surface area contributed by atoms with E-state index < -0.39 is 9.84 Å². The van der Waals surface area contributed by atoms with Crippen molar-refractivity contribution < 1.29 is 13.2 Å². The number of rotatable bonds is 8. The van der Waals surface area contributed by atoms with Crippen LogP contribution in [-0.4, -0.2) is 38.1 Å². The molecule has 1 N–H and O–H groups in total. The summed E-state index contributed by atoms with van der Waals surface area (Å²) < 4.78 is 24.5. The molecule has 1 fully saturated rings. The van der Waals surface area contributed by atoms with Crippen LogP contribution >= 0.6 is 0 Å². The van der Waals surface area contributed by atoms with Crippen molar-refractivity contribution in [3.63, 3.8) is 0 Å². The molecule has 2 heterocycles. The van der Waals surface area contributed by atoms with Gasteiger partial charge in [-0.3, -0.25) is 9.69 Å². The lowest BCUT2D eigenvalue weighted by Gasteiger charge is -2.26. The van der Waals surface area contributed by atoms with E-state index in [2.05, 4.69) is 34.5 Å². The van der Waals surface area contributed by atoms with E-state index in [0.717, 1.165) is 34.5 Å². The number of benzene rings is 3. The first-order valence-electron chi connectivity index (χ1n) is 13.2. The molecule has 0 saturated carbocycles. The Morgan fingerprint density at radius 2 is 1.54 bits per heavy atom. The number of nitrogens with one attached hydrogen (secondary N) is 1. The van der Waals surface area contributed by atoms with Crippen molar-refractivity contribution in [1.82, 2.24) is 4.90 Å². The molecular formula is C31H34N2O3S. The van der Waals surface area contributed by atoms with Crippen molar-refractivity contribution in [1.29, 1.82) is 0 Å². The third kappa shape index (κ3) is 6.03. The fourth-order valence-corrected chi connectivity index (χ4v) is 6.17. The average molecular weight is 515 g/mol. The highest BCUT2D eigenvalue weighted by Gasteiger charge is 2.29. The predicted molar refractivity (Wildman–Crippen MR) is 151 cm³/mol. The summed E-state index contributed by atoms with van der Waals surface area (Å²) in [6.45, 7) is 4.97. The van der Waals surface area contributed by atoms with Crippen LogP contribution < -0.4 is 5.32 Å². The summed E-state index contributed by atoms with van der Waals surface area (Å²) in [5.74, 6) is -0.0873. The van der Waals surface area contributed by atoms with Gasteiger partial charge in [0.2, 0.25) is 0 Å². The van der Waals surface area contributed by atoms with Crippen molar-refractivity contribution in [3.8, 4) is 0 Å². The van der Waals surface area contributed by atoms with Crippen LogP contribution in [0.3, 0.4) is 0 Å².